The Morgan fingerprint density at radius 1 is 1.10 bits per heavy atom. The average molecular weight is 451 g/mol. The molecule has 144 valence electrons. The summed E-state index contributed by atoms with van der Waals surface area (Å²) in [5.41, 5.74) is 6.49. The fourth-order valence-electron chi connectivity index (χ4n) is 2.86. The zero-order chi connectivity index (χ0) is 21.0. The molecule has 1 aromatic heterocycles. The molecule has 8 heteroatoms. The summed E-state index contributed by atoms with van der Waals surface area (Å²) < 4.78 is 12.2. The van der Waals surface area contributed by atoms with Crippen molar-refractivity contribution < 1.29 is 9.47 Å². The number of nitrogens with two attached hydrogens (primary N) is 1. The van der Waals surface area contributed by atoms with Gasteiger partial charge in [-0.3, -0.25) is 4.79 Å². The topological polar surface area (TPSA) is 125 Å². The molecule has 0 fully saturated rings. The molecular formula is C21H15BrN4O3. The molecule has 7 nitrogen and oxygen atoms in total. The van der Waals surface area contributed by atoms with E-state index < -0.39 is 5.56 Å². The second-order valence-corrected chi connectivity index (χ2v) is 6.92. The number of rotatable bonds is 5. The lowest BCUT2D eigenvalue weighted by Gasteiger charge is -2.14. The fourth-order valence-corrected chi connectivity index (χ4v) is 3.31. The van der Waals surface area contributed by atoms with Crippen molar-refractivity contribution in [1.29, 1.82) is 10.5 Å². The number of ether oxygens (including phenoxy) is 2. The maximum Gasteiger partial charge on any atom is 0.268 e. The Hall–Kier alpha value is -3.75. The molecule has 0 aliphatic heterocycles. The van der Waals surface area contributed by atoms with Gasteiger partial charge in [0.15, 0.2) is 11.5 Å². The maximum atomic E-state index is 12.2. The minimum absolute atomic E-state index is 0.0178. The normalized spacial score (nSPS) is 10.1. The molecule has 0 saturated heterocycles. The smallest absolute Gasteiger partial charge is 0.268 e. The van der Waals surface area contributed by atoms with Crippen molar-refractivity contribution in [3.05, 3.63) is 74.0 Å². The van der Waals surface area contributed by atoms with Crippen molar-refractivity contribution in [1.82, 2.24) is 4.98 Å². The number of benzene rings is 2. The maximum absolute atomic E-state index is 12.2. The number of methoxy groups -OCH3 is 1. The molecule has 2 aromatic carbocycles. The van der Waals surface area contributed by atoms with Crippen molar-refractivity contribution in [2.45, 2.75) is 6.61 Å². The summed E-state index contributed by atoms with van der Waals surface area (Å²) in [5.74, 6) is 0.772. The molecule has 0 unspecified atom stereocenters. The van der Waals surface area contributed by atoms with Crippen LogP contribution in [0.1, 0.15) is 16.7 Å². The fraction of sp³-hybridized carbons (Fsp3) is 0.0952. The number of nitrogen functional groups attached to an aromatic ring is 1. The summed E-state index contributed by atoms with van der Waals surface area (Å²) in [6.07, 6.45) is 0. The van der Waals surface area contributed by atoms with Crippen LogP contribution in [0.15, 0.2) is 51.7 Å². The summed E-state index contributed by atoms with van der Waals surface area (Å²) in [5, 5.41) is 18.9. The number of nitrogens with one attached hydrogen (secondary N) is 1. The van der Waals surface area contributed by atoms with Gasteiger partial charge in [-0.25, -0.2) is 0 Å². The van der Waals surface area contributed by atoms with E-state index in [0.717, 1.165) is 10.0 Å². The molecule has 0 radical (unpaired) electrons. The summed E-state index contributed by atoms with van der Waals surface area (Å²) in [6.45, 7) is 0.271. The van der Waals surface area contributed by atoms with Gasteiger partial charge < -0.3 is 20.2 Å². The van der Waals surface area contributed by atoms with Crippen LogP contribution in [0.3, 0.4) is 0 Å². The first kappa shape index (κ1) is 20.0. The highest BCUT2D eigenvalue weighted by Crippen LogP contribution is 2.36. The van der Waals surface area contributed by atoms with Crippen LogP contribution in [-0.4, -0.2) is 12.1 Å². The monoisotopic (exact) mass is 450 g/mol. The third-order valence-corrected chi connectivity index (χ3v) is 4.70. The molecular weight excluding hydrogens is 436 g/mol. The molecule has 0 aliphatic rings. The average Bonchev–Trinajstić information content (AvgIpc) is 2.71. The Morgan fingerprint density at radius 3 is 2.52 bits per heavy atom. The zero-order valence-corrected chi connectivity index (χ0v) is 16.9. The van der Waals surface area contributed by atoms with Gasteiger partial charge in [0.1, 0.15) is 35.7 Å². The number of hydrogen-bond donors (Lipinski definition) is 2. The molecule has 1 heterocycles. The second-order valence-electron chi connectivity index (χ2n) is 6.00. The first-order valence-corrected chi connectivity index (χ1v) is 9.19. The quantitative estimate of drug-likeness (QED) is 0.609. The van der Waals surface area contributed by atoms with Crippen LogP contribution in [0.4, 0.5) is 5.82 Å². The van der Waals surface area contributed by atoms with Gasteiger partial charge in [0.25, 0.3) is 5.56 Å². The number of nitriles is 2. The number of aromatic amines is 1. The van der Waals surface area contributed by atoms with Crippen LogP contribution >= 0.6 is 15.9 Å². The van der Waals surface area contributed by atoms with Gasteiger partial charge >= 0.3 is 0 Å². The van der Waals surface area contributed by atoms with Gasteiger partial charge in [-0.15, -0.1) is 0 Å². The highest BCUT2D eigenvalue weighted by atomic mass is 79.9. The second kappa shape index (κ2) is 8.51. The summed E-state index contributed by atoms with van der Waals surface area (Å²) in [6, 6.07) is 16.4. The predicted octanol–water partition coefficient (Wildman–Crippen LogP) is 3.72. The molecule has 0 saturated carbocycles. The van der Waals surface area contributed by atoms with E-state index in [0.29, 0.717) is 17.1 Å². The first-order valence-electron chi connectivity index (χ1n) is 8.40. The summed E-state index contributed by atoms with van der Waals surface area (Å²) >= 11 is 3.42. The van der Waals surface area contributed by atoms with E-state index in [2.05, 4.69) is 20.9 Å². The minimum Gasteiger partial charge on any atom is -0.493 e. The van der Waals surface area contributed by atoms with Crippen LogP contribution in [0.25, 0.3) is 11.1 Å². The Balaban J connectivity index is 2.10. The van der Waals surface area contributed by atoms with Gasteiger partial charge in [-0.05, 0) is 35.4 Å². The van der Waals surface area contributed by atoms with Crippen LogP contribution in [0.5, 0.6) is 11.5 Å². The largest absolute Gasteiger partial charge is 0.493 e. The van der Waals surface area contributed by atoms with Crippen molar-refractivity contribution in [2.24, 2.45) is 0 Å². The molecule has 3 N–H and O–H groups in total. The van der Waals surface area contributed by atoms with Crippen LogP contribution in [-0.2, 0) is 6.61 Å². The number of anilines is 1. The number of H-pyrrole nitrogens is 1. The lowest BCUT2D eigenvalue weighted by Crippen LogP contribution is -2.16. The van der Waals surface area contributed by atoms with E-state index in [-0.39, 0.29) is 29.1 Å². The van der Waals surface area contributed by atoms with E-state index in [4.69, 9.17) is 15.2 Å². The number of halogens is 1. The minimum atomic E-state index is -0.661. The van der Waals surface area contributed by atoms with Gasteiger partial charge in [0.05, 0.1) is 7.11 Å². The Labute approximate surface area is 175 Å². The lowest BCUT2D eigenvalue weighted by molar-refractivity contribution is 0.284. The first-order chi connectivity index (χ1) is 14.0. The summed E-state index contributed by atoms with van der Waals surface area (Å²) in [7, 11) is 1.51. The van der Waals surface area contributed by atoms with Gasteiger partial charge in [0.2, 0.25) is 0 Å². The van der Waals surface area contributed by atoms with Crippen molar-refractivity contribution in [3.8, 4) is 34.8 Å². The molecule has 0 bridgehead atoms. The van der Waals surface area contributed by atoms with E-state index in [1.165, 1.54) is 7.11 Å². The molecule has 3 rings (SSSR count). The summed E-state index contributed by atoms with van der Waals surface area (Å²) in [4.78, 5) is 14.5. The Kier molecular flexibility index (Phi) is 5.87. The molecule has 29 heavy (non-hydrogen) atoms. The Bertz CT molecular complexity index is 1220. The van der Waals surface area contributed by atoms with Crippen molar-refractivity contribution in [3.63, 3.8) is 0 Å². The van der Waals surface area contributed by atoms with E-state index in [9.17, 15) is 15.3 Å². The standard InChI is InChI=1S/C21H15BrN4O3/c1-28-17-6-5-13(8-18(17)29-11-12-3-2-4-14(22)7-12)19-15(9-23)20(25)26-21(27)16(19)10-24/h2-8H,11H2,1H3,(H3,25,26,27). The van der Waals surface area contributed by atoms with Gasteiger partial charge in [-0.2, -0.15) is 10.5 Å². The SMILES string of the molecule is COc1ccc(-c2c(C#N)c(N)[nH]c(=O)c2C#N)cc1OCc1cccc(Br)c1. The highest BCUT2D eigenvalue weighted by Gasteiger charge is 2.19. The third kappa shape index (κ3) is 4.08. The van der Waals surface area contributed by atoms with Crippen LogP contribution in [0, 0.1) is 22.7 Å². The van der Waals surface area contributed by atoms with Gasteiger partial charge in [-0.1, -0.05) is 34.1 Å². The number of aromatic nitrogens is 1. The zero-order valence-electron chi connectivity index (χ0n) is 15.3. The van der Waals surface area contributed by atoms with Crippen LogP contribution < -0.4 is 20.8 Å². The molecule has 0 amide bonds. The van der Waals surface area contributed by atoms with Crippen molar-refractivity contribution in [2.75, 3.05) is 12.8 Å². The predicted molar refractivity (Wildman–Crippen MR) is 111 cm³/mol. The van der Waals surface area contributed by atoms with Crippen LogP contribution in [0.2, 0.25) is 0 Å². The van der Waals surface area contributed by atoms with Gasteiger partial charge in [0, 0.05) is 10.0 Å². The van der Waals surface area contributed by atoms with Crippen molar-refractivity contribution >= 4 is 21.7 Å². The lowest BCUT2D eigenvalue weighted by atomic mass is 9.96. The van der Waals surface area contributed by atoms with E-state index >= 15 is 0 Å². The molecule has 0 atom stereocenters. The number of hydrogen-bond acceptors (Lipinski definition) is 6. The Morgan fingerprint density at radius 2 is 1.86 bits per heavy atom. The molecule has 0 spiro atoms. The molecule has 0 aliphatic carbocycles. The van der Waals surface area contributed by atoms with E-state index in [1.807, 2.05) is 36.4 Å². The third-order valence-electron chi connectivity index (χ3n) is 4.20. The number of pyridine rings is 1. The molecule has 3 aromatic rings. The number of nitrogens with zero attached hydrogens (tertiary/aromatic N) is 2. The highest BCUT2D eigenvalue weighted by molar-refractivity contribution is 9.10. The van der Waals surface area contributed by atoms with E-state index in [1.54, 1.807) is 18.2 Å².